The predicted octanol–water partition coefficient (Wildman–Crippen LogP) is 2.95. The third kappa shape index (κ3) is 9.88. The van der Waals surface area contributed by atoms with Crippen molar-refractivity contribution >= 4 is 46.6 Å². The lowest BCUT2D eigenvalue weighted by Crippen LogP contribution is -2.04. The second kappa shape index (κ2) is 14.6. The zero-order valence-corrected chi connectivity index (χ0v) is 25.8. The van der Waals surface area contributed by atoms with Gasteiger partial charge in [-0.1, -0.05) is 13.5 Å². The SMILES string of the molecule is C=CS(=O)(=O)c1ccc(N)c(OC)c1.CCS(=O)(=O)c1ccc(N)c(OC)c1.COc1cc(S(C)(=O)=O)ccc1N. The Morgan fingerprint density at radius 3 is 1.34 bits per heavy atom. The molecule has 0 amide bonds. The number of nitrogens with two attached hydrogens (primary N) is 3. The van der Waals surface area contributed by atoms with Crippen molar-refractivity contribution in [3.63, 3.8) is 0 Å². The van der Waals surface area contributed by atoms with Gasteiger partial charge in [-0.25, -0.2) is 25.3 Å². The summed E-state index contributed by atoms with van der Waals surface area (Å²) in [6.45, 7) is 4.82. The van der Waals surface area contributed by atoms with Crippen LogP contribution in [-0.4, -0.2) is 58.6 Å². The van der Waals surface area contributed by atoms with Crippen LogP contribution in [0.25, 0.3) is 0 Å². The second-order valence-electron chi connectivity index (χ2n) is 8.10. The van der Waals surface area contributed by atoms with Gasteiger partial charge in [0.15, 0.2) is 29.5 Å². The quantitative estimate of drug-likeness (QED) is 0.307. The molecule has 0 aliphatic carbocycles. The lowest BCUT2D eigenvalue weighted by atomic mass is 10.3. The third-order valence-electron chi connectivity index (χ3n) is 5.33. The van der Waals surface area contributed by atoms with E-state index in [0.29, 0.717) is 34.3 Å². The summed E-state index contributed by atoms with van der Waals surface area (Å²) in [4.78, 5) is 0.572. The van der Waals surface area contributed by atoms with Gasteiger partial charge in [-0.15, -0.1) is 0 Å². The molecule has 0 saturated heterocycles. The lowest BCUT2D eigenvalue weighted by molar-refractivity contribution is 0.415. The molecule has 0 fully saturated rings. The topological polar surface area (TPSA) is 208 Å². The molecule has 0 bridgehead atoms. The first-order chi connectivity index (χ1) is 19.0. The molecule has 12 nitrogen and oxygen atoms in total. The zero-order chi connectivity index (χ0) is 31.6. The largest absolute Gasteiger partial charge is 0.495 e. The molecule has 0 saturated carbocycles. The van der Waals surface area contributed by atoms with E-state index in [0.717, 1.165) is 11.7 Å². The summed E-state index contributed by atoms with van der Waals surface area (Å²) >= 11 is 0. The number of ether oxygens (including phenoxy) is 3. The molecule has 0 aliphatic heterocycles. The van der Waals surface area contributed by atoms with Crippen LogP contribution in [0, 0.1) is 0 Å². The summed E-state index contributed by atoms with van der Waals surface area (Å²) in [6.07, 6.45) is 1.14. The number of hydrogen-bond acceptors (Lipinski definition) is 12. The van der Waals surface area contributed by atoms with Crippen molar-refractivity contribution in [3.05, 3.63) is 66.6 Å². The molecular weight excluding hydrogens is 594 g/mol. The number of sulfone groups is 3. The smallest absolute Gasteiger partial charge is 0.199 e. The van der Waals surface area contributed by atoms with Crippen LogP contribution in [0.1, 0.15) is 6.92 Å². The summed E-state index contributed by atoms with van der Waals surface area (Å²) in [5.41, 5.74) is 17.9. The van der Waals surface area contributed by atoms with Crippen molar-refractivity contribution in [1.82, 2.24) is 0 Å². The maximum Gasteiger partial charge on any atom is 0.199 e. The van der Waals surface area contributed by atoms with Gasteiger partial charge in [-0.2, -0.15) is 0 Å². The minimum Gasteiger partial charge on any atom is -0.495 e. The minimum atomic E-state index is -3.42. The summed E-state index contributed by atoms with van der Waals surface area (Å²) in [6, 6.07) is 13.1. The molecule has 0 unspecified atom stereocenters. The number of nitrogen functional groups attached to an aromatic ring is 3. The maximum absolute atomic E-state index is 11.5. The first kappa shape index (κ1) is 35.1. The van der Waals surface area contributed by atoms with E-state index >= 15 is 0 Å². The van der Waals surface area contributed by atoms with Crippen molar-refractivity contribution in [3.8, 4) is 17.2 Å². The van der Waals surface area contributed by atoms with Crippen molar-refractivity contribution in [1.29, 1.82) is 0 Å². The molecule has 3 aromatic carbocycles. The van der Waals surface area contributed by atoms with E-state index in [1.807, 2.05) is 0 Å². The van der Waals surface area contributed by atoms with Gasteiger partial charge in [0.2, 0.25) is 0 Å². The molecule has 0 aliphatic rings. The van der Waals surface area contributed by atoms with Gasteiger partial charge in [0, 0.05) is 29.9 Å². The van der Waals surface area contributed by atoms with Gasteiger partial charge in [-0.3, -0.25) is 0 Å². The summed E-state index contributed by atoms with van der Waals surface area (Å²) in [5, 5.41) is 0.887. The molecule has 41 heavy (non-hydrogen) atoms. The fourth-order valence-electron chi connectivity index (χ4n) is 2.94. The van der Waals surface area contributed by atoms with Crippen LogP contribution >= 0.6 is 0 Å². The van der Waals surface area contributed by atoms with Crippen LogP contribution in [0.15, 0.2) is 81.3 Å². The van der Waals surface area contributed by atoms with E-state index in [2.05, 4.69) is 6.58 Å². The minimum absolute atomic E-state index is 0.0695. The monoisotopic (exact) mass is 629 g/mol. The van der Waals surface area contributed by atoms with Crippen LogP contribution in [0.3, 0.4) is 0 Å². The van der Waals surface area contributed by atoms with Crippen molar-refractivity contribution < 1.29 is 39.5 Å². The average Bonchev–Trinajstić information content (AvgIpc) is 2.93. The van der Waals surface area contributed by atoms with E-state index in [9.17, 15) is 25.3 Å². The Hall–Kier alpha value is -3.95. The van der Waals surface area contributed by atoms with Crippen LogP contribution in [0.2, 0.25) is 0 Å². The number of rotatable bonds is 8. The molecule has 6 N–H and O–H groups in total. The molecule has 0 radical (unpaired) electrons. The number of anilines is 3. The van der Waals surface area contributed by atoms with Gasteiger partial charge in [0.05, 0.1) is 58.8 Å². The van der Waals surface area contributed by atoms with Crippen LogP contribution in [0.5, 0.6) is 17.2 Å². The van der Waals surface area contributed by atoms with Gasteiger partial charge < -0.3 is 31.4 Å². The van der Waals surface area contributed by atoms with Crippen LogP contribution < -0.4 is 31.4 Å². The summed E-state index contributed by atoms with van der Waals surface area (Å²) < 4.78 is 82.7. The Kier molecular flexibility index (Phi) is 12.5. The van der Waals surface area contributed by atoms with E-state index in [1.165, 1.54) is 75.9 Å². The van der Waals surface area contributed by atoms with Gasteiger partial charge in [0.1, 0.15) is 17.2 Å². The first-order valence-electron chi connectivity index (χ1n) is 11.6. The Bertz CT molecular complexity index is 1690. The Morgan fingerprint density at radius 2 is 1.00 bits per heavy atom. The fourth-order valence-corrected chi connectivity index (χ4v) is 5.19. The maximum atomic E-state index is 11.5. The third-order valence-corrected chi connectivity index (χ3v) is 9.52. The number of benzene rings is 3. The van der Waals surface area contributed by atoms with Crippen LogP contribution in [0.4, 0.5) is 17.1 Å². The standard InChI is InChI=1S/C9H13NO3S.C9H11NO3S.C8H11NO3S/c2*1-3-14(11,12)7-4-5-8(10)9(6-7)13-2;1-12-8-5-6(13(2,10)11)3-4-7(8)9/h4-6H,3,10H2,1-2H3;3-6H,1,10H2,2H3;3-5H,9H2,1-2H3. The zero-order valence-electron chi connectivity index (χ0n) is 23.3. The highest BCUT2D eigenvalue weighted by Gasteiger charge is 2.14. The van der Waals surface area contributed by atoms with E-state index in [4.69, 9.17) is 31.4 Å². The molecule has 0 atom stereocenters. The Morgan fingerprint density at radius 1 is 0.659 bits per heavy atom. The second-order valence-corrected chi connectivity index (χ2v) is 14.3. The highest BCUT2D eigenvalue weighted by Crippen LogP contribution is 2.27. The average molecular weight is 630 g/mol. The molecule has 0 spiro atoms. The molecule has 0 aromatic heterocycles. The first-order valence-corrected chi connectivity index (χ1v) is 16.7. The van der Waals surface area contributed by atoms with E-state index in [-0.39, 0.29) is 20.4 Å². The van der Waals surface area contributed by atoms with Crippen molar-refractivity contribution in [2.24, 2.45) is 0 Å². The lowest BCUT2D eigenvalue weighted by Gasteiger charge is -2.06. The molecule has 15 heteroatoms. The van der Waals surface area contributed by atoms with Crippen molar-refractivity contribution in [2.75, 3.05) is 50.5 Å². The Balaban J connectivity index is 0.000000308. The highest BCUT2D eigenvalue weighted by molar-refractivity contribution is 7.94. The number of hydrogen-bond donors (Lipinski definition) is 3. The van der Waals surface area contributed by atoms with Gasteiger partial charge in [-0.05, 0) is 36.4 Å². The molecule has 226 valence electrons. The van der Waals surface area contributed by atoms with E-state index < -0.39 is 29.5 Å². The van der Waals surface area contributed by atoms with Gasteiger partial charge >= 0.3 is 0 Å². The molecular formula is C26H35N3O9S3. The van der Waals surface area contributed by atoms with Gasteiger partial charge in [0.25, 0.3) is 0 Å². The predicted molar refractivity (Wildman–Crippen MR) is 160 cm³/mol. The summed E-state index contributed by atoms with van der Waals surface area (Å²) in [7, 11) is -5.47. The normalized spacial score (nSPS) is 11.1. The highest BCUT2D eigenvalue weighted by atomic mass is 32.2. The molecule has 3 aromatic rings. The fraction of sp³-hybridized carbons (Fsp3) is 0.231. The molecule has 3 rings (SSSR count). The molecule has 0 heterocycles. The van der Waals surface area contributed by atoms with Crippen molar-refractivity contribution in [2.45, 2.75) is 21.6 Å². The van der Waals surface area contributed by atoms with Crippen LogP contribution in [-0.2, 0) is 29.5 Å². The van der Waals surface area contributed by atoms with E-state index in [1.54, 1.807) is 6.92 Å². The summed E-state index contributed by atoms with van der Waals surface area (Å²) in [5.74, 6) is 1.18. The Labute approximate surface area is 241 Å². The number of methoxy groups -OCH3 is 3.